The number of carbonyl (C=O) groups is 1. The van der Waals surface area contributed by atoms with Crippen LogP contribution in [0.2, 0.25) is 0 Å². The highest BCUT2D eigenvalue weighted by atomic mass is 32.2. The number of aromatic nitrogens is 2. The summed E-state index contributed by atoms with van der Waals surface area (Å²) in [5, 5.41) is 13.2. The Morgan fingerprint density at radius 1 is 1.43 bits per heavy atom. The van der Waals surface area contributed by atoms with Crippen molar-refractivity contribution in [2.45, 2.75) is 24.1 Å². The molecule has 10 heteroatoms. The molecule has 0 saturated carbocycles. The van der Waals surface area contributed by atoms with Gasteiger partial charge in [0.05, 0.1) is 0 Å². The Balaban J connectivity index is 2.05. The molecule has 0 spiro atoms. The molecule has 2 N–H and O–H groups in total. The van der Waals surface area contributed by atoms with Crippen molar-refractivity contribution in [2.75, 3.05) is 32.0 Å². The van der Waals surface area contributed by atoms with Crippen molar-refractivity contribution in [3.05, 3.63) is 0 Å². The molecular formula is C11H19N5O3S2. The van der Waals surface area contributed by atoms with Crippen LogP contribution >= 0.6 is 11.3 Å². The largest absolute Gasteiger partial charge is 0.317 e. The zero-order valence-electron chi connectivity index (χ0n) is 12.0. The smallest absolute Gasteiger partial charge is 0.272 e. The lowest BCUT2D eigenvalue weighted by atomic mass is 9.98. The van der Waals surface area contributed by atoms with Crippen molar-refractivity contribution < 1.29 is 13.2 Å². The van der Waals surface area contributed by atoms with Gasteiger partial charge in [-0.05, 0) is 31.8 Å². The van der Waals surface area contributed by atoms with Gasteiger partial charge in [0.25, 0.3) is 10.0 Å². The molecule has 0 aromatic carbocycles. The molecule has 0 unspecified atom stereocenters. The van der Waals surface area contributed by atoms with Gasteiger partial charge in [-0.25, -0.2) is 8.42 Å². The van der Waals surface area contributed by atoms with Crippen molar-refractivity contribution in [1.82, 2.24) is 19.8 Å². The maximum absolute atomic E-state index is 12.4. The van der Waals surface area contributed by atoms with Crippen LogP contribution in [0.4, 0.5) is 5.13 Å². The molecule has 1 amide bonds. The minimum Gasteiger partial charge on any atom is -0.317 e. The van der Waals surface area contributed by atoms with Crippen LogP contribution < -0.4 is 10.6 Å². The maximum Gasteiger partial charge on any atom is 0.272 e. The first kappa shape index (κ1) is 16.3. The van der Waals surface area contributed by atoms with Crippen molar-refractivity contribution in [3.8, 4) is 0 Å². The van der Waals surface area contributed by atoms with Crippen LogP contribution in [0.3, 0.4) is 0 Å². The van der Waals surface area contributed by atoms with Gasteiger partial charge < -0.3 is 10.6 Å². The fourth-order valence-corrected chi connectivity index (χ4v) is 4.56. The molecule has 1 aliphatic rings. The van der Waals surface area contributed by atoms with Crippen LogP contribution in [0, 0.1) is 5.92 Å². The number of anilines is 1. The van der Waals surface area contributed by atoms with Crippen molar-refractivity contribution in [3.63, 3.8) is 0 Å². The Labute approximate surface area is 128 Å². The normalized spacial score (nSPS) is 17.1. The van der Waals surface area contributed by atoms with Gasteiger partial charge in [0.15, 0.2) is 0 Å². The SMILES string of the molecule is CC(=O)Nc1nnc(S(=O)(=O)N(C)CC2CCNCC2)s1. The van der Waals surface area contributed by atoms with E-state index in [1.165, 1.54) is 11.2 Å². The third-order valence-corrected chi connectivity index (χ3v) is 6.30. The van der Waals surface area contributed by atoms with E-state index in [0.29, 0.717) is 12.5 Å². The fraction of sp³-hybridized carbons (Fsp3) is 0.727. The van der Waals surface area contributed by atoms with E-state index in [2.05, 4.69) is 20.8 Å². The number of hydrogen-bond donors (Lipinski definition) is 2. The molecule has 1 aromatic heterocycles. The summed E-state index contributed by atoms with van der Waals surface area (Å²) in [7, 11) is -2.09. The third kappa shape index (κ3) is 4.19. The van der Waals surface area contributed by atoms with E-state index < -0.39 is 10.0 Å². The molecule has 0 radical (unpaired) electrons. The molecule has 2 rings (SSSR count). The lowest BCUT2D eigenvalue weighted by Crippen LogP contribution is -2.37. The van der Waals surface area contributed by atoms with E-state index in [1.807, 2.05) is 0 Å². The van der Waals surface area contributed by atoms with E-state index in [9.17, 15) is 13.2 Å². The maximum atomic E-state index is 12.4. The van der Waals surface area contributed by atoms with Crippen molar-refractivity contribution >= 4 is 32.4 Å². The van der Waals surface area contributed by atoms with Crippen LogP contribution in [-0.4, -0.2) is 55.5 Å². The molecule has 0 bridgehead atoms. The van der Waals surface area contributed by atoms with Gasteiger partial charge >= 0.3 is 0 Å². The second-order valence-electron chi connectivity index (χ2n) is 5.03. The Morgan fingerprint density at radius 2 is 2.10 bits per heavy atom. The van der Waals surface area contributed by atoms with Crippen LogP contribution in [0.25, 0.3) is 0 Å². The number of rotatable bonds is 5. The van der Waals surface area contributed by atoms with Gasteiger partial charge in [0.1, 0.15) is 0 Å². The molecular weight excluding hydrogens is 314 g/mol. The quantitative estimate of drug-likeness (QED) is 0.742. The summed E-state index contributed by atoms with van der Waals surface area (Å²) in [6, 6.07) is 0. The molecule has 0 atom stereocenters. The number of nitrogens with zero attached hydrogens (tertiary/aromatic N) is 3. The second kappa shape index (κ2) is 6.77. The Kier molecular flexibility index (Phi) is 5.25. The lowest BCUT2D eigenvalue weighted by Gasteiger charge is -2.26. The molecule has 1 aliphatic heterocycles. The summed E-state index contributed by atoms with van der Waals surface area (Å²) in [6.45, 7) is 3.64. The first-order chi connectivity index (χ1) is 9.89. The Hall–Kier alpha value is -1.10. The third-order valence-electron chi connectivity index (χ3n) is 3.29. The number of carbonyl (C=O) groups excluding carboxylic acids is 1. The molecule has 2 heterocycles. The first-order valence-electron chi connectivity index (χ1n) is 6.67. The van der Waals surface area contributed by atoms with E-state index in [0.717, 1.165) is 37.3 Å². The standard InChI is InChI=1S/C11H19N5O3S2/c1-8(17)13-10-14-15-11(20-10)21(18,19)16(2)7-9-3-5-12-6-4-9/h9,12H,3-7H2,1-2H3,(H,13,14,17). The number of amides is 1. The van der Waals surface area contributed by atoms with Crippen LogP contribution in [0.15, 0.2) is 4.34 Å². The van der Waals surface area contributed by atoms with Crippen LogP contribution in [0.5, 0.6) is 0 Å². The molecule has 1 saturated heterocycles. The van der Waals surface area contributed by atoms with Gasteiger partial charge in [-0.2, -0.15) is 4.31 Å². The minimum absolute atomic E-state index is 0.0947. The van der Waals surface area contributed by atoms with E-state index >= 15 is 0 Å². The predicted octanol–water partition coefficient (Wildman–Crippen LogP) is 0.117. The zero-order chi connectivity index (χ0) is 15.5. The summed E-state index contributed by atoms with van der Waals surface area (Å²) in [5.74, 6) is 0.0481. The van der Waals surface area contributed by atoms with Gasteiger partial charge in [-0.3, -0.25) is 4.79 Å². The Bertz CT molecular complexity index is 595. The van der Waals surface area contributed by atoms with Gasteiger partial charge in [0.2, 0.25) is 15.4 Å². The topological polar surface area (TPSA) is 104 Å². The monoisotopic (exact) mass is 333 g/mol. The van der Waals surface area contributed by atoms with Gasteiger partial charge in [0, 0.05) is 20.5 Å². The summed E-state index contributed by atoms with van der Waals surface area (Å²) < 4.78 is 26.0. The number of piperidine rings is 1. The highest BCUT2D eigenvalue weighted by Crippen LogP contribution is 2.24. The second-order valence-corrected chi connectivity index (χ2v) is 8.23. The minimum atomic E-state index is -3.65. The average Bonchev–Trinajstić information content (AvgIpc) is 2.88. The lowest BCUT2D eigenvalue weighted by molar-refractivity contribution is -0.114. The first-order valence-corrected chi connectivity index (χ1v) is 8.93. The Morgan fingerprint density at radius 3 is 2.71 bits per heavy atom. The number of nitrogens with one attached hydrogen (secondary N) is 2. The van der Waals surface area contributed by atoms with E-state index in [1.54, 1.807) is 7.05 Å². The molecule has 1 aromatic rings. The molecule has 1 fully saturated rings. The molecule has 21 heavy (non-hydrogen) atoms. The van der Waals surface area contributed by atoms with Gasteiger partial charge in [-0.15, -0.1) is 10.2 Å². The van der Waals surface area contributed by atoms with E-state index in [-0.39, 0.29) is 15.4 Å². The van der Waals surface area contributed by atoms with Crippen LogP contribution in [-0.2, 0) is 14.8 Å². The average molecular weight is 333 g/mol. The van der Waals surface area contributed by atoms with Crippen LogP contribution in [0.1, 0.15) is 19.8 Å². The number of sulfonamides is 1. The zero-order valence-corrected chi connectivity index (χ0v) is 13.6. The predicted molar refractivity (Wildman–Crippen MR) is 79.6 cm³/mol. The highest BCUT2D eigenvalue weighted by Gasteiger charge is 2.28. The summed E-state index contributed by atoms with van der Waals surface area (Å²) in [5.41, 5.74) is 0. The molecule has 8 nitrogen and oxygen atoms in total. The molecule has 118 valence electrons. The van der Waals surface area contributed by atoms with Crippen molar-refractivity contribution in [1.29, 1.82) is 0 Å². The van der Waals surface area contributed by atoms with Crippen molar-refractivity contribution in [2.24, 2.45) is 5.92 Å². The van der Waals surface area contributed by atoms with E-state index in [4.69, 9.17) is 0 Å². The van der Waals surface area contributed by atoms with Gasteiger partial charge in [-0.1, -0.05) is 11.3 Å². The highest BCUT2D eigenvalue weighted by molar-refractivity contribution is 7.91. The number of hydrogen-bond acceptors (Lipinski definition) is 7. The summed E-state index contributed by atoms with van der Waals surface area (Å²) in [6.07, 6.45) is 1.93. The summed E-state index contributed by atoms with van der Waals surface area (Å²) in [4.78, 5) is 10.9. The fourth-order valence-electron chi connectivity index (χ4n) is 2.17. The summed E-state index contributed by atoms with van der Waals surface area (Å²) >= 11 is 0.862. The molecule has 0 aliphatic carbocycles.